The van der Waals surface area contributed by atoms with Crippen LogP contribution in [0, 0.1) is 25.2 Å². The number of hydrogen-bond acceptors (Lipinski definition) is 5. The summed E-state index contributed by atoms with van der Waals surface area (Å²) in [5.41, 5.74) is 3.94. The van der Waals surface area contributed by atoms with Crippen LogP contribution in [-0.2, 0) is 11.3 Å². The molecule has 0 spiro atoms. The molecule has 2 aromatic heterocycles. The second-order valence-corrected chi connectivity index (χ2v) is 7.39. The molecule has 3 rings (SSSR count). The highest BCUT2D eigenvalue weighted by atomic mass is 32.1. The predicted molar refractivity (Wildman–Crippen MR) is 107 cm³/mol. The van der Waals surface area contributed by atoms with Crippen LogP contribution in [0.2, 0.25) is 0 Å². The Hall–Kier alpha value is -2.98. The molecule has 0 bridgehead atoms. The Morgan fingerprint density at radius 2 is 2.11 bits per heavy atom. The third kappa shape index (κ3) is 3.76. The lowest BCUT2D eigenvalue weighted by Gasteiger charge is -2.16. The first-order valence-corrected chi connectivity index (χ1v) is 9.45. The molecule has 0 radical (unpaired) electrons. The molecule has 0 atom stereocenters. The van der Waals surface area contributed by atoms with Crippen LogP contribution >= 0.6 is 11.3 Å². The molecule has 0 unspecified atom stereocenters. The average Bonchev–Trinajstić information content (AvgIpc) is 3.09. The van der Waals surface area contributed by atoms with E-state index in [1.807, 2.05) is 37.4 Å². The van der Waals surface area contributed by atoms with Crippen LogP contribution in [0.1, 0.15) is 17.5 Å². The van der Waals surface area contributed by atoms with E-state index in [4.69, 9.17) is 5.26 Å². The highest BCUT2D eigenvalue weighted by Gasteiger charge is 2.16. The zero-order valence-corrected chi connectivity index (χ0v) is 16.3. The van der Waals surface area contributed by atoms with Crippen molar-refractivity contribution in [3.05, 3.63) is 51.4 Å². The van der Waals surface area contributed by atoms with Gasteiger partial charge in [0, 0.05) is 24.5 Å². The summed E-state index contributed by atoms with van der Waals surface area (Å²) < 4.78 is 1.34. The van der Waals surface area contributed by atoms with Gasteiger partial charge in [-0.1, -0.05) is 18.2 Å². The first-order valence-electron chi connectivity index (χ1n) is 8.57. The molecule has 0 aliphatic carbocycles. The van der Waals surface area contributed by atoms with Crippen molar-refractivity contribution in [2.24, 2.45) is 0 Å². The molecule has 0 saturated carbocycles. The van der Waals surface area contributed by atoms with Gasteiger partial charge in [-0.2, -0.15) is 5.26 Å². The molecule has 0 aliphatic heterocycles. The third-order valence-electron chi connectivity index (χ3n) is 4.67. The van der Waals surface area contributed by atoms with Gasteiger partial charge in [-0.05, 0) is 30.5 Å². The highest BCUT2D eigenvalue weighted by molar-refractivity contribution is 7.17. The van der Waals surface area contributed by atoms with Crippen LogP contribution in [0.4, 0.5) is 0 Å². The first kappa shape index (κ1) is 18.8. The lowest BCUT2D eigenvalue weighted by molar-refractivity contribution is -0.130. The minimum absolute atomic E-state index is 0.0914. The summed E-state index contributed by atoms with van der Waals surface area (Å²) in [5.74, 6) is -0.226. The SMILES string of the molecule is Cc1ccc(-c2csc3ncn(CC(=O)N(C)CCC#N)c(=O)c23)cc1C. The fourth-order valence-electron chi connectivity index (χ4n) is 2.81. The molecule has 2 heterocycles. The number of thiophene rings is 1. The summed E-state index contributed by atoms with van der Waals surface area (Å²) in [5, 5.41) is 11.1. The topological polar surface area (TPSA) is 79.0 Å². The van der Waals surface area contributed by atoms with Crippen molar-refractivity contribution < 1.29 is 4.79 Å². The van der Waals surface area contributed by atoms with Crippen molar-refractivity contribution in [2.45, 2.75) is 26.8 Å². The number of carbonyl (C=O) groups excluding carboxylic acids is 1. The molecule has 1 aromatic carbocycles. The normalized spacial score (nSPS) is 10.7. The van der Waals surface area contributed by atoms with Crippen molar-refractivity contribution >= 4 is 27.5 Å². The lowest BCUT2D eigenvalue weighted by Crippen LogP contribution is -2.34. The summed E-state index contributed by atoms with van der Waals surface area (Å²) >= 11 is 1.42. The zero-order valence-electron chi connectivity index (χ0n) is 15.5. The maximum absolute atomic E-state index is 13.0. The number of fused-ring (bicyclic) bond motifs is 1. The highest BCUT2D eigenvalue weighted by Crippen LogP contribution is 2.31. The maximum atomic E-state index is 13.0. The number of benzene rings is 1. The molecule has 7 heteroatoms. The molecule has 0 aliphatic rings. The number of carbonyl (C=O) groups is 1. The van der Waals surface area contributed by atoms with Crippen molar-refractivity contribution in [3.63, 3.8) is 0 Å². The third-order valence-corrected chi connectivity index (χ3v) is 5.56. The second-order valence-electron chi connectivity index (χ2n) is 6.53. The maximum Gasteiger partial charge on any atom is 0.263 e. The van der Waals surface area contributed by atoms with Gasteiger partial charge >= 0.3 is 0 Å². The number of nitriles is 1. The molecular weight excluding hydrogens is 360 g/mol. The number of hydrogen-bond donors (Lipinski definition) is 0. The monoisotopic (exact) mass is 380 g/mol. The van der Waals surface area contributed by atoms with Crippen molar-refractivity contribution in [1.29, 1.82) is 5.26 Å². The van der Waals surface area contributed by atoms with Gasteiger partial charge in [0.2, 0.25) is 5.91 Å². The molecule has 0 fully saturated rings. The summed E-state index contributed by atoms with van der Waals surface area (Å²) in [7, 11) is 1.63. The van der Waals surface area contributed by atoms with Crippen molar-refractivity contribution in [2.75, 3.05) is 13.6 Å². The van der Waals surface area contributed by atoms with Crippen LogP contribution < -0.4 is 5.56 Å². The van der Waals surface area contributed by atoms with Gasteiger partial charge in [0.25, 0.3) is 5.56 Å². The van der Waals surface area contributed by atoms with E-state index in [1.54, 1.807) is 7.05 Å². The number of aryl methyl sites for hydroxylation is 2. The van der Waals surface area contributed by atoms with Crippen LogP contribution in [0.3, 0.4) is 0 Å². The summed E-state index contributed by atoms with van der Waals surface area (Å²) in [6.45, 7) is 4.34. The Bertz CT molecular complexity index is 1110. The average molecular weight is 380 g/mol. The summed E-state index contributed by atoms with van der Waals surface area (Å²) in [6, 6.07) is 8.11. The van der Waals surface area contributed by atoms with E-state index in [-0.39, 0.29) is 24.4 Å². The molecule has 6 nitrogen and oxygen atoms in total. The standard InChI is InChI=1S/C20H20N4O2S/c1-13-5-6-15(9-14(13)2)16-11-27-19-18(16)20(26)24(12-22-19)10-17(25)23(3)8-4-7-21/h5-6,9,11-12H,4,8,10H2,1-3H3. The fraction of sp³-hybridized carbons (Fsp3) is 0.300. The first-order chi connectivity index (χ1) is 12.9. The smallest absolute Gasteiger partial charge is 0.263 e. The Balaban J connectivity index is 1.99. The summed E-state index contributed by atoms with van der Waals surface area (Å²) in [4.78, 5) is 31.8. The zero-order chi connectivity index (χ0) is 19.6. The van der Waals surface area contributed by atoms with Crippen LogP contribution in [-0.4, -0.2) is 34.0 Å². The van der Waals surface area contributed by atoms with E-state index >= 15 is 0 Å². The lowest BCUT2D eigenvalue weighted by atomic mass is 10.0. The van der Waals surface area contributed by atoms with E-state index in [0.29, 0.717) is 16.8 Å². The molecular formula is C20H20N4O2S. The number of likely N-dealkylation sites (N-methyl/N-ethyl adjacent to an activating group) is 1. The van der Waals surface area contributed by atoms with E-state index in [0.717, 1.165) is 16.7 Å². The molecule has 3 aromatic rings. The Morgan fingerprint density at radius 1 is 1.33 bits per heavy atom. The molecule has 1 amide bonds. The number of rotatable bonds is 5. The van der Waals surface area contributed by atoms with Gasteiger partial charge in [-0.25, -0.2) is 4.98 Å². The summed E-state index contributed by atoms with van der Waals surface area (Å²) in [6.07, 6.45) is 1.68. The number of aromatic nitrogens is 2. The van der Waals surface area contributed by atoms with Crippen LogP contribution in [0.15, 0.2) is 34.7 Å². The van der Waals surface area contributed by atoms with Crippen LogP contribution in [0.25, 0.3) is 21.3 Å². The number of nitrogens with zero attached hydrogens (tertiary/aromatic N) is 4. The Kier molecular flexibility index (Phi) is 5.38. The minimum Gasteiger partial charge on any atom is -0.343 e. The largest absolute Gasteiger partial charge is 0.343 e. The molecule has 0 saturated heterocycles. The van der Waals surface area contributed by atoms with Crippen molar-refractivity contribution in [3.8, 4) is 17.2 Å². The predicted octanol–water partition coefficient (Wildman–Crippen LogP) is 3.11. The van der Waals surface area contributed by atoms with E-state index in [1.165, 1.54) is 32.7 Å². The van der Waals surface area contributed by atoms with E-state index in [9.17, 15) is 9.59 Å². The Morgan fingerprint density at radius 3 is 2.81 bits per heavy atom. The van der Waals surface area contributed by atoms with Crippen molar-refractivity contribution in [1.82, 2.24) is 14.5 Å². The van der Waals surface area contributed by atoms with E-state index < -0.39 is 0 Å². The molecule has 138 valence electrons. The van der Waals surface area contributed by atoms with Crippen LogP contribution in [0.5, 0.6) is 0 Å². The number of amides is 1. The Labute approximate surface area is 161 Å². The van der Waals surface area contributed by atoms with Gasteiger partial charge in [0.1, 0.15) is 11.4 Å². The quantitative estimate of drug-likeness (QED) is 0.681. The van der Waals surface area contributed by atoms with Gasteiger partial charge in [-0.15, -0.1) is 11.3 Å². The van der Waals surface area contributed by atoms with Gasteiger partial charge in [0.05, 0.1) is 24.2 Å². The van der Waals surface area contributed by atoms with E-state index in [2.05, 4.69) is 11.1 Å². The molecule has 27 heavy (non-hydrogen) atoms. The fourth-order valence-corrected chi connectivity index (χ4v) is 3.72. The second kappa shape index (κ2) is 7.72. The minimum atomic E-state index is -0.226. The van der Waals surface area contributed by atoms with Gasteiger partial charge < -0.3 is 4.90 Å². The van der Waals surface area contributed by atoms with Gasteiger partial charge in [0.15, 0.2) is 0 Å². The van der Waals surface area contributed by atoms with Gasteiger partial charge in [-0.3, -0.25) is 14.2 Å². The molecule has 0 N–H and O–H groups in total.